The van der Waals surface area contributed by atoms with Crippen molar-refractivity contribution in [3.8, 4) is 16.9 Å². The quantitative estimate of drug-likeness (QED) is 0.363. The van der Waals surface area contributed by atoms with Crippen molar-refractivity contribution in [2.45, 2.75) is 45.8 Å². The van der Waals surface area contributed by atoms with Crippen LogP contribution in [0.15, 0.2) is 42.6 Å². The van der Waals surface area contributed by atoms with Gasteiger partial charge in [0.25, 0.3) is 0 Å². The first-order chi connectivity index (χ1) is 16.5. The number of aryl methyl sites for hydroxylation is 1. The number of hydrogen-bond donors (Lipinski definition) is 1. The molecule has 180 valence electrons. The Morgan fingerprint density at radius 3 is 2.60 bits per heavy atom. The van der Waals surface area contributed by atoms with E-state index in [0.717, 1.165) is 23.1 Å². The summed E-state index contributed by atoms with van der Waals surface area (Å²) in [5.41, 5.74) is 2.93. The summed E-state index contributed by atoms with van der Waals surface area (Å²) < 4.78 is 40.6. The first kappa shape index (κ1) is 23.2. The van der Waals surface area contributed by atoms with Gasteiger partial charge in [-0.15, -0.1) is 0 Å². The Labute approximate surface area is 201 Å². The van der Waals surface area contributed by atoms with E-state index in [1.54, 1.807) is 46.0 Å². The van der Waals surface area contributed by atoms with Crippen LogP contribution in [0, 0.1) is 18.6 Å². The van der Waals surface area contributed by atoms with Gasteiger partial charge in [-0.2, -0.15) is 0 Å². The molecule has 1 aliphatic heterocycles. The minimum atomic E-state index is -1.34. The number of carboxylic acids is 1. The molecule has 3 aromatic carbocycles. The molecule has 0 spiro atoms. The molecule has 0 amide bonds. The van der Waals surface area contributed by atoms with E-state index in [1.807, 2.05) is 12.1 Å². The van der Waals surface area contributed by atoms with Crippen LogP contribution in [0.2, 0.25) is 0 Å². The monoisotopic (exact) mass is 477 g/mol. The summed E-state index contributed by atoms with van der Waals surface area (Å²) in [5.74, 6) is -2.48. The third kappa shape index (κ3) is 4.00. The van der Waals surface area contributed by atoms with Crippen LogP contribution in [0.3, 0.4) is 0 Å². The van der Waals surface area contributed by atoms with E-state index in [0.29, 0.717) is 57.3 Å². The van der Waals surface area contributed by atoms with Gasteiger partial charge < -0.3 is 14.6 Å². The third-order valence-corrected chi connectivity index (χ3v) is 6.22. The van der Waals surface area contributed by atoms with Gasteiger partial charge >= 0.3 is 5.97 Å². The Morgan fingerprint density at radius 2 is 1.89 bits per heavy atom. The number of carbonyl (C=O) groups is 1. The third-order valence-electron chi connectivity index (χ3n) is 6.22. The molecule has 2 heterocycles. The summed E-state index contributed by atoms with van der Waals surface area (Å²) in [4.78, 5) is 17.1. The first-order valence-electron chi connectivity index (χ1n) is 11.4. The van der Waals surface area contributed by atoms with Crippen molar-refractivity contribution in [3.63, 3.8) is 0 Å². The van der Waals surface area contributed by atoms with Crippen LogP contribution in [0.5, 0.6) is 5.75 Å². The van der Waals surface area contributed by atoms with Crippen molar-refractivity contribution in [2.75, 3.05) is 6.61 Å². The first-order valence-corrected chi connectivity index (χ1v) is 11.4. The van der Waals surface area contributed by atoms with Gasteiger partial charge in [0.1, 0.15) is 5.75 Å². The summed E-state index contributed by atoms with van der Waals surface area (Å²) >= 11 is 0. The molecule has 35 heavy (non-hydrogen) atoms. The van der Waals surface area contributed by atoms with Crippen molar-refractivity contribution in [2.24, 2.45) is 0 Å². The van der Waals surface area contributed by atoms with E-state index in [1.165, 1.54) is 0 Å². The Bertz CT molecular complexity index is 1500. The Balaban J connectivity index is 1.94. The second-order valence-corrected chi connectivity index (χ2v) is 9.82. The molecule has 1 aromatic heterocycles. The topological polar surface area (TPSA) is 68.7 Å². The van der Waals surface area contributed by atoms with E-state index in [9.17, 15) is 18.7 Å². The number of nitrogens with zero attached hydrogens (tertiary/aromatic N) is 1. The van der Waals surface area contributed by atoms with Gasteiger partial charge in [0.15, 0.2) is 17.7 Å². The number of fused-ring (bicyclic) bond motifs is 1. The highest BCUT2D eigenvalue weighted by Gasteiger charge is 2.33. The number of benzene rings is 3. The fourth-order valence-corrected chi connectivity index (χ4v) is 4.87. The number of aromatic nitrogens is 1. The fraction of sp³-hybridized carbons (Fsp3) is 0.286. The number of aliphatic carboxylic acids is 1. The zero-order valence-corrected chi connectivity index (χ0v) is 19.9. The lowest BCUT2D eigenvalue weighted by Crippen LogP contribution is -2.28. The van der Waals surface area contributed by atoms with E-state index in [4.69, 9.17) is 9.47 Å². The summed E-state index contributed by atoms with van der Waals surface area (Å²) in [6, 6.07) is 9.47. The zero-order chi connectivity index (χ0) is 25.1. The normalized spacial score (nSPS) is 14.2. The van der Waals surface area contributed by atoms with Gasteiger partial charge in [-0.3, -0.25) is 4.98 Å². The molecule has 1 unspecified atom stereocenters. The summed E-state index contributed by atoms with van der Waals surface area (Å²) in [5, 5.41) is 11.9. The number of hydrogen-bond acceptors (Lipinski definition) is 4. The smallest absolute Gasteiger partial charge is 0.337 e. The molecule has 0 radical (unpaired) electrons. The second kappa shape index (κ2) is 8.27. The van der Waals surface area contributed by atoms with Gasteiger partial charge in [0, 0.05) is 29.1 Å². The molecule has 0 aliphatic carbocycles. The Hall–Kier alpha value is -3.58. The Morgan fingerprint density at radius 1 is 1.14 bits per heavy atom. The number of ether oxygens (including phenoxy) is 2. The highest BCUT2D eigenvalue weighted by atomic mass is 19.2. The fourth-order valence-electron chi connectivity index (χ4n) is 4.87. The average Bonchev–Trinajstić information content (AvgIpc) is 2.78. The van der Waals surface area contributed by atoms with Gasteiger partial charge in [-0.1, -0.05) is 6.07 Å². The van der Waals surface area contributed by atoms with Crippen LogP contribution in [0.1, 0.15) is 43.6 Å². The highest BCUT2D eigenvalue weighted by molar-refractivity contribution is 6.08. The molecule has 1 aliphatic rings. The van der Waals surface area contributed by atoms with Gasteiger partial charge in [-0.25, -0.2) is 13.6 Å². The average molecular weight is 478 g/mol. The lowest BCUT2D eigenvalue weighted by Gasteiger charge is -2.29. The molecule has 0 saturated heterocycles. The molecule has 7 heteroatoms. The molecule has 0 saturated carbocycles. The number of rotatable bonds is 4. The lowest BCUT2D eigenvalue weighted by atomic mass is 9.85. The molecular weight excluding hydrogens is 452 g/mol. The SMILES string of the molecule is Cc1cc2cc(F)c(F)cc2c(-c2ccc3c4c(ccnc24)CCO3)c1C(OC(C)(C)C)C(=O)O. The van der Waals surface area contributed by atoms with Crippen molar-refractivity contribution < 1.29 is 28.2 Å². The molecule has 0 fully saturated rings. The molecule has 5 nitrogen and oxygen atoms in total. The molecule has 0 bridgehead atoms. The zero-order valence-electron chi connectivity index (χ0n) is 19.9. The maximum atomic E-state index is 14.6. The van der Waals surface area contributed by atoms with Crippen LogP contribution in [0.4, 0.5) is 8.78 Å². The van der Waals surface area contributed by atoms with Crippen molar-refractivity contribution in [1.82, 2.24) is 4.98 Å². The minimum Gasteiger partial charge on any atom is -0.493 e. The predicted octanol–water partition coefficient (Wildman–Crippen LogP) is 6.52. The lowest BCUT2D eigenvalue weighted by molar-refractivity contribution is -0.160. The van der Waals surface area contributed by atoms with Crippen LogP contribution < -0.4 is 4.74 Å². The predicted molar refractivity (Wildman–Crippen MR) is 130 cm³/mol. The second-order valence-electron chi connectivity index (χ2n) is 9.82. The highest BCUT2D eigenvalue weighted by Crippen LogP contribution is 2.45. The van der Waals surface area contributed by atoms with E-state index >= 15 is 0 Å². The number of halogens is 2. The number of pyridine rings is 1. The summed E-state index contributed by atoms with van der Waals surface area (Å²) in [6.45, 7) is 7.62. The van der Waals surface area contributed by atoms with Gasteiger partial charge in [0.2, 0.25) is 0 Å². The van der Waals surface area contributed by atoms with Crippen molar-refractivity contribution in [1.29, 1.82) is 0 Å². The van der Waals surface area contributed by atoms with Gasteiger partial charge in [0.05, 0.1) is 17.7 Å². The molecular formula is C28H25F2NO4. The van der Waals surface area contributed by atoms with E-state index in [2.05, 4.69) is 4.98 Å². The Kier molecular flexibility index (Phi) is 5.48. The van der Waals surface area contributed by atoms with Crippen LogP contribution in [-0.2, 0) is 16.0 Å². The molecule has 5 rings (SSSR count). The molecule has 1 N–H and O–H groups in total. The maximum absolute atomic E-state index is 14.6. The van der Waals surface area contributed by atoms with Crippen LogP contribution in [-0.4, -0.2) is 28.3 Å². The largest absolute Gasteiger partial charge is 0.493 e. The summed E-state index contributed by atoms with van der Waals surface area (Å²) in [6.07, 6.45) is 1.07. The van der Waals surface area contributed by atoms with Crippen LogP contribution >= 0.6 is 0 Å². The molecule has 4 aromatic rings. The van der Waals surface area contributed by atoms with E-state index in [-0.39, 0.29) is 0 Å². The standard InChI is InChI=1S/C28H25F2NO4/c1-14-11-16-12-19(29)20(30)13-18(16)24(22(14)26(27(32)33)35-28(2,3)4)17-5-6-21-23-15(8-10-34-21)7-9-31-25(17)23/h5-7,9,11-13,26H,8,10H2,1-4H3,(H,32,33). The molecule has 1 atom stereocenters. The van der Waals surface area contributed by atoms with Crippen LogP contribution in [0.25, 0.3) is 32.8 Å². The number of carboxylic acid groups (broad SMARTS) is 1. The summed E-state index contributed by atoms with van der Waals surface area (Å²) in [7, 11) is 0. The maximum Gasteiger partial charge on any atom is 0.337 e. The van der Waals surface area contributed by atoms with Gasteiger partial charge in [-0.05, 0) is 85.5 Å². The van der Waals surface area contributed by atoms with Crippen molar-refractivity contribution >= 4 is 27.6 Å². The van der Waals surface area contributed by atoms with Crippen molar-refractivity contribution in [3.05, 3.63) is 70.9 Å². The van der Waals surface area contributed by atoms with E-state index < -0.39 is 29.3 Å². The minimum absolute atomic E-state index is 0.380.